The Morgan fingerprint density at radius 2 is 1.92 bits per heavy atom. The smallest absolute Gasteiger partial charge is 0.368 e. The molecule has 0 bridgehead atoms. The molecule has 1 aromatic carbocycles. The minimum Gasteiger partial charge on any atom is -0.368 e. The molecule has 0 radical (unpaired) electrons. The Kier molecular flexibility index (Phi) is 4.18. The summed E-state index contributed by atoms with van der Waals surface area (Å²) in [6.07, 6.45) is -3.71. The van der Waals surface area contributed by atoms with Crippen LogP contribution in [0.5, 0.6) is 0 Å². The van der Waals surface area contributed by atoms with E-state index in [1.165, 1.54) is 0 Å². The molecule has 1 saturated heterocycles. The lowest BCUT2D eigenvalue weighted by Crippen LogP contribution is -2.47. The first-order valence-electron chi connectivity index (χ1n) is 8.44. The molecule has 4 rings (SSSR count). The van der Waals surface area contributed by atoms with Crippen molar-refractivity contribution in [2.45, 2.75) is 37.7 Å². The van der Waals surface area contributed by atoms with Gasteiger partial charge in [0.2, 0.25) is 5.82 Å². The molecule has 0 saturated carbocycles. The van der Waals surface area contributed by atoms with Crippen molar-refractivity contribution in [2.75, 3.05) is 13.2 Å². The van der Waals surface area contributed by atoms with E-state index in [0.29, 0.717) is 18.6 Å². The number of hydrogen-bond donors (Lipinski definition) is 0. The number of halogens is 3. The molecule has 0 N–H and O–H groups in total. The van der Waals surface area contributed by atoms with Gasteiger partial charge in [0.1, 0.15) is 12.1 Å². The van der Waals surface area contributed by atoms with Crippen molar-refractivity contribution < 1.29 is 22.7 Å². The highest BCUT2D eigenvalue weighted by Gasteiger charge is 2.44. The zero-order valence-corrected chi connectivity index (χ0v) is 13.8. The van der Waals surface area contributed by atoms with E-state index in [1.54, 1.807) is 29.2 Å². The average molecular weight is 366 g/mol. The molecule has 2 aromatic rings. The van der Waals surface area contributed by atoms with Crippen molar-refractivity contribution in [1.29, 1.82) is 0 Å². The van der Waals surface area contributed by atoms with Crippen molar-refractivity contribution >= 4 is 5.91 Å². The summed E-state index contributed by atoms with van der Waals surface area (Å²) in [5.41, 5.74) is 0.695. The number of benzene rings is 1. The molecule has 1 amide bonds. The topological polar surface area (TPSA) is 60.2 Å². The van der Waals surface area contributed by atoms with Crippen LogP contribution in [0.15, 0.2) is 30.3 Å². The van der Waals surface area contributed by atoms with Crippen LogP contribution in [0, 0.1) is 0 Å². The largest absolute Gasteiger partial charge is 0.451 e. The van der Waals surface area contributed by atoms with Crippen molar-refractivity contribution in [3.63, 3.8) is 0 Å². The first-order chi connectivity index (χ1) is 12.5. The number of hydrogen-bond acceptors (Lipinski definition) is 4. The predicted molar refractivity (Wildman–Crippen MR) is 84.0 cm³/mol. The molecule has 0 spiro atoms. The number of aromatic nitrogens is 3. The average Bonchev–Trinajstić information content (AvgIpc) is 3.30. The van der Waals surface area contributed by atoms with E-state index in [1.807, 2.05) is 6.07 Å². The van der Waals surface area contributed by atoms with Gasteiger partial charge in [0.05, 0.1) is 0 Å². The molecule has 1 fully saturated rings. The molecule has 2 unspecified atom stereocenters. The van der Waals surface area contributed by atoms with E-state index in [4.69, 9.17) is 4.74 Å². The van der Waals surface area contributed by atoms with Gasteiger partial charge in [0, 0.05) is 19.7 Å². The second kappa shape index (κ2) is 6.39. The van der Waals surface area contributed by atoms with Gasteiger partial charge < -0.3 is 14.2 Å². The van der Waals surface area contributed by atoms with Crippen LogP contribution in [-0.2, 0) is 22.3 Å². The van der Waals surface area contributed by atoms with Crippen LogP contribution in [0.3, 0.4) is 0 Å². The van der Waals surface area contributed by atoms with Gasteiger partial charge in [-0.05, 0) is 18.4 Å². The van der Waals surface area contributed by atoms with E-state index in [9.17, 15) is 18.0 Å². The molecule has 6 nitrogen and oxygen atoms in total. The fraction of sp³-hybridized carbons (Fsp3) is 0.471. The molecule has 2 aliphatic rings. The molecule has 2 atom stereocenters. The summed E-state index contributed by atoms with van der Waals surface area (Å²) in [7, 11) is 0. The summed E-state index contributed by atoms with van der Waals surface area (Å²) in [5.74, 6) is -1.11. The van der Waals surface area contributed by atoms with Gasteiger partial charge in [0.15, 0.2) is 5.82 Å². The summed E-state index contributed by atoms with van der Waals surface area (Å²) >= 11 is 0. The number of nitrogens with zero attached hydrogens (tertiary/aromatic N) is 4. The summed E-state index contributed by atoms with van der Waals surface area (Å²) < 4.78 is 46.2. The molecular formula is C17H17F3N4O2. The first-order valence-corrected chi connectivity index (χ1v) is 8.44. The maximum absolute atomic E-state index is 13.2. The maximum Gasteiger partial charge on any atom is 0.451 e. The van der Waals surface area contributed by atoms with Crippen LogP contribution in [0.25, 0.3) is 0 Å². The van der Waals surface area contributed by atoms with Gasteiger partial charge in [-0.25, -0.2) is 0 Å². The van der Waals surface area contributed by atoms with Gasteiger partial charge in [-0.15, -0.1) is 10.2 Å². The van der Waals surface area contributed by atoms with Crippen molar-refractivity contribution in [2.24, 2.45) is 0 Å². The number of fused-ring (bicyclic) bond motifs is 1. The number of amides is 1. The Morgan fingerprint density at radius 3 is 2.58 bits per heavy atom. The van der Waals surface area contributed by atoms with E-state index in [0.717, 1.165) is 11.0 Å². The van der Waals surface area contributed by atoms with E-state index in [-0.39, 0.29) is 24.8 Å². The third-order valence-corrected chi connectivity index (χ3v) is 4.76. The van der Waals surface area contributed by atoms with E-state index < -0.39 is 24.1 Å². The Bertz CT molecular complexity index is 800. The van der Waals surface area contributed by atoms with Crippen LogP contribution in [0.2, 0.25) is 0 Å². The van der Waals surface area contributed by atoms with Crippen molar-refractivity contribution in [1.82, 2.24) is 19.7 Å². The highest BCUT2D eigenvalue weighted by molar-refractivity contribution is 5.82. The molecule has 2 aliphatic heterocycles. The second-order valence-electron chi connectivity index (χ2n) is 6.38. The van der Waals surface area contributed by atoms with Gasteiger partial charge >= 0.3 is 6.18 Å². The summed E-state index contributed by atoms with van der Waals surface area (Å²) in [4.78, 5) is 14.5. The molecule has 26 heavy (non-hydrogen) atoms. The third kappa shape index (κ3) is 2.86. The lowest BCUT2D eigenvalue weighted by atomic mass is 10.0. The first kappa shape index (κ1) is 17.0. The molecule has 0 aliphatic carbocycles. The summed E-state index contributed by atoms with van der Waals surface area (Å²) in [5, 5.41) is 7.15. The fourth-order valence-electron chi connectivity index (χ4n) is 3.58. The van der Waals surface area contributed by atoms with E-state index >= 15 is 0 Å². The minimum absolute atomic E-state index is 0.00102. The van der Waals surface area contributed by atoms with Crippen LogP contribution >= 0.6 is 0 Å². The van der Waals surface area contributed by atoms with Crippen LogP contribution in [0.4, 0.5) is 13.2 Å². The highest BCUT2D eigenvalue weighted by atomic mass is 19.4. The molecular weight excluding hydrogens is 349 g/mol. The lowest BCUT2D eigenvalue weighted by Gasteiger charge is -2.37. The monoisotopic (exact) mass is 366 g/mol. The van der Waals surface area contributed by atoms with Crippen LogP contribution in [-0.4, -0.2) is 44.8 Å². The van der Waals surface area contributed by atoms with Crippen LogP contribution in [0.1, 0.15) is 36.1 Å². The van der Waals surface area contributed by atoms with Crippen LogP contribution < -0.4 is 0 Å². The maximum atomic E-state index is 13.2. The quantitative estimate of drug-likeness (QED) is 0.819. The molecule has 3 heterocycles. The molecule has 9 heteroatoms. The summed E-state index contributed by atoms with van der Waals surface area (Å²) in [6, 6.07) is 8.21. The number of carbonyl (C=O) groups excluding carboxylic acids is 1. The van der Waals surface area contributed by atoms with E-state index in [2.05, 4.69) is 10.2 Å². The Labute approximate surface area is 147 Å². The number of ether oxygens (including phenoxy) is 1. The minimum atomic E-state index is -4.59. The fourth-order valence-corrected chi connectivity index (χ4v) is 3.58. The third-order valence-electron chi connectivity index (χ3n) is 4.76. The summed E-state index contributed by atoms with van der Waals surface area (Å²) in [6.45, 7) is 0.667. The standard InChI is InChI=1S/C17H17F3N4O2/c18-17(19,20)16-22-21-14-13(11-5-2-1-3-6-11)23(8-9-24(14)16)15(25)12-7-4-10-26-12/h1-3,5-6,12-13H,4,7-10H2. The number of rotatable bonds is 2. The van der Waals surface area contributed by atoms with Gasteiger partial charge in [-0.2, -0.15) is 13.2 Å². The second-order valence-corrected chi connectivity index (χ2v) is 6.38. The van der Waals surface area contributed by atoms with Gasteiger partial charge in [-0.3, -0.25) is 4.79 Å². The predicted octanol–water partition coefficient (Wildman–Crippen LogP) is 2.41. The van der Waals surface area contributed by atoms with Crippen molar-refractivity contribution in [3.05, 3.63) is 47.5 Å². The molecule has 138 valence electrons. The lowest BCUT2D eigenvalue weighted by molar-refractivity contribution is -0.149. The Morgan fingerprint density at radius 1 is 1.15 bits per heavy atom. The highest BCUT2D eigenvalue weighted by Crippen LogP contribution is 2.36. The molecule has 1 aromatic heterocycles. The van der Waals surface area contributed by atoms with Gasteiger partial charge in [-0.1, -0.05) is 30.3 Å². The van der Waals surface area contributed by atoms with Gasteiger partial charge in [0.25, 0.3) is 5.91 Å². The Balaban J connectivity index is 1.77. The Hall–Kier alpha value is -2.42. The zero-order chi connectivity index (χ0) is 18.3. The number of carbonyl (C=O) groups is 1. The normalized spacial score (nSPS) is 23.1. The SMILES string of the molecule is O=C(C1CCCO1)N1CCn2c(nnc2C(F)(F)F)C1c1ccccc1. The van der Waals surface area contributed by atoms with Crippen molar-refractivity contribution in [3.8, 4) is 0 Å². The zero-order valence-electron chi connectivity index (χ0n) is 13.8. The number of alkyl halides is 3.